The van der Waals surface area contributed by atoms with Gasteiger partial charge in [0.1, 0.15) is 23.9 Å². The molecule has 5 heteroatoms. The number of hydrogen-bond acceptors (Lipinski definition) is 4. The van der Waals surface area contributed by atoms with Crippen LogP contribution in [0, 0.1) is 6.92 Å². The molecule has 0 bridgehead atoms. The van der Waals surface area contributed by atoms with E-state index in [9.17, 15) is 4.79 Å². The summed E-state index contributed by atoms with van der Waals surface area (Å²) in [6.07, 6.45) is 0. The van der Waals surface area contributed by atoms with Crippen LogP contribution in [0.1, 0.15) is 22.8 Å². The Kier molecular flexibility index (Phi) is 6.07. The largest absolute Gasteiger partial charge is 0.497 e. The Morgan fingerprint density at radius 2 is 1.71 bits per heavy atom. The Balaban J connectivity index is 1.87. The van der Waals surface area contributed by atoms with Crippen molar-refractivity contribution in [2.75, 3.05) is 20.8 Å². The fraction of sp³-hybridized carbons (Fsp3) is 0.316. The van der Waals surface area contributed by atoms with Gasteiger partial charge in [0, 0.05) is 5.56 Å². The molecule has 5 nitrogen and oxygen atoms in total. The third-order valence-corrected chi connectivity index (χ3v) is 3.59. The van der Waals surface area contributed by atoms with Crippen LogP contribution in [0.25, 0.3) is 0 Å². The zero-order chi connectivity index (χ0) is 17.5. The highest BCUT2D eigenvalue weighted by Crippen LogP contribution is 2.19. The van der Waals surface area contributed by atoms with Crippen molar-refractivity contribution in [1.82, 2.24) is 5.32 Å². The Morgan fingerprint density at radius 1 is 1.04 bits per heavy atom. The van der Waals surface area contributed by atoms with Crippen LogP contribution in [-0.2, 0) is 0 Å². The molecule has 1 atom stereocenters. The third-order valence-electron chi connectivity index (χ3n) is 3.59. The van der Waals surface area contributed by atoms with Crippen molar-refractivity contribution < 1.29 is 19.0 Å². The lowest BCUT2D eigenvalue weighted by atomic mass is 10.1. The monoisotopic (exact) mass is 329 g/mol. The number of nitrogens with one attached hydrogen (secondary N) is 1. The summed E-state index contributed by atoms with van der Waals surface area (Å²) < 4.78 is 16.0. The summed E-state index contributed by atoms with van der Waals surface area (Å²) in [6, 6.07) is 12.6. The minimum Gasteiger partial charge on any atom is -0.497 e. The van der Waals surface area contributed by atoms with Crippen LogP contribution in [0.15, 0.2) is 42.5 Å². The molecule has 0 unspecified atom stereocenters. The lowest BCUT2D eigenvalue weighted by molar-refractivity contribution is 0.0926. The van der Waals surface area contributed by atoms with Gasteiger partial charge in [0.15, 0.2) is 0 Å². The third kappa shape index (κ3) is 4.65. The summed E-state index contributed by atoms with van der Waals surface area (Å²) in [4.78, 5) is 12.3. The maximum absolute atomic E-state index is 12.3. The number of carbonyl (C=O) groups excluding carboxylic acids is 1. The molecule has 24 heavy (non-hydrogen) atoms. The Labute approximate surface area is 142 Å². The van der Waals surface area contributed by atoms with Gasteiger partial charge in [-0.05, 0) is 61.9 Å². The number of aryl methyl sites for hydroxylation is 1. The summed E-state index contributed by atoms with van der Waals surface area (Å²) >= 11 is 0. The molecule has 0 saturated carbocycles. The molecule has 0 aliphatic carbocycles. The summed E-state index contributed by atoms with van der Waals surface area (Å²) in [5.74, 6) is 2.14. The topological polar surface area (TPSA) is 56.8 Å². The van der Waals surface area contributed by atoms with Crippen LogP contribution in [0.5, 0.6) is 17.2 Å². The van der Waals surface area contributed by atoms with Crippen LogP contribution in [-0.4, -0.2) is 32.8 Å². The first-order valence-electron chi connectivity index (χ1n) is 7.76. The number of carbonyl (C=O) groups is 1. The minimum atomic E-state index is -0.133. The molecule has 128 valence electrons. The highest BCUT2D eigenvalue weighted by molar-refractivity contribution is 5.94. The standard InChI is InChI=1S/C19H23NO4/c1-13-11-15(5-10-18(13)23-4)19(21)20-14(2)12-24-17-8-6-16(22-3)7-9-17/h5-11,14H,12H2,1-4H3,(H,20,21)/t14-/m1/s1. The van der Waals surface area contributed by atoms with Gasteiger partial charge in [0.05, 0.1) is 20.3 Å². The van der Waals surface area contributed by atoms with Crippen LogP contribution in [0.2, 0.25) is 0 Å². The van der Waals surface area contributed by atoms with Crippen molar-refractivity contribution in [1.29, 1.82) is 0 Å². The van der Waals surface area contributed by atoms with E-state index >= 15 is 0 Å². The van der Waals surface area contributed by atoms with Gasteiger partial charge in [0.2, 0.25) is 0 Å². The number of benzene rings is 2. The van der Waals surface area contributed by atoms with Crippen molar-refractivity contribution in [3.63, 3.8) is 0 Å². The van der Waals surface area contributed by atoms with E-state index in [0.717, 1.165) is 22.8 Å². The second-order valence-corrected chi connectivity index (χ2v) is 5.55. The van der Waals surface area contributed by atoms with E-state index in [1.807, 2.05) is 44.2 Å². The summed E-state index contributed by atoms with van der Waals surface area (Å²) in [5.41, 5.74) is 1.52. The lowest BCUT2D eigenvalue weighted by Crippen LogP contribution is -2.36. The van der Waals surface area contributed by atoms with Gasteiger partial charge in [-0.25, -0.2) is 0 Å². The second-order valence-electron chi connectivity index (χ2n) is 5.55. The summed E-state index contributed by atoms with van der Waals surface area (Å²) in [6.45, 7) is 4.19. The minimum absolute atomic E-state index is 0.123. The van der Waals surface area contributed by atoms with E-state index in [-0.39, 0.29) is 11.9 Å². The van der Waals surface area contributed by atoms with Gasteiger partial charge in [-0.15, -0.1) is 0 Å². The maximum atomic E-state index is 12.3. The molecule has 2 aromatic carbocycles. The number of methoxy groups -OCH3 is 2. The predicted molar refractivity (Wildman–Crippen MR) is 93.1 cm³/mol. The first-order valence-corrected chi connectivity index (χ1v) is 7.76. The van der Waals surface area contributed by atoms with Crippen LogP contribution in [0.3, 0.4) is 0 Å². The molecule has 0 aliphatic rings. The van der Waals surface area contributed by atoms with Gasteiger partial charge in [0.25, 0.3) is 5.91 Å². The fourth-order valence-corrected chi connectivity index (χ4v) is 2.26. The van der Waals surface area contributed by atoms with E-state index in [4.69, 9.17) is 14.2 Å². The van der Waals surface area contributed by atoms with E-state index in [2.05, 4.69) is 5.32 Å². The molecule has 1 amide bonds. The lowest BCUT2D eigenvalue weighted by Gasteiger charge is -2.16. The van der Waals surface area contributed by atoms with Gasteiger partial charge in [-0.1, -0.05) is 0 Å². The van der Waals surface area contributed by atoms with Crippen molar-refractivity contribution in [2.24, 2.45) is 0 Å². The Bertz CT molecular complexity index is 682. The summed E-state index contributed by atoms with van der Waals surface area (Å²) in [7, 11) is 3.23. The van der Waals surface area contributed by atoms with Crippen molar-refractivity contribution in [2.45, 2.75) is 19.9 Å². The molecule has 0 saturated heterocycles. The highest BCUT2D eigenvalue weighted by Gasteiger charge is 2.12. The van der Waals surface area contributed by atoms with Crippen molar-refractivity contribution >= 4 is 5.91 Å². The molecule has 1 N–H and O–H groups in total. The van der Waals surface area contributed by atoms with Gasteiger partial charge in [-0.3, -0.25) is 4.79 Å². The summed E-state index contributed by atoms with van der Waals surface area (Å²) in [5, 5.41) is 2.92. The number of hydrogen-bond donors (Lipinski definition) is 1. The SMILES string of the molecule is COc1ccc(OC[C@@H](C)NC(=O)c2ccc(OC)c(C)c2)cc1. The van der Waals surface area contributed by atoms with Crippen molar-refractivity contribution in [3.05, 3.63) is 53.6 Å². The molecule has 0 aliphatic heterocycles. The van der Waals surface area contributed by atoms with E-state index in [0.29, 0.717) is 12.2 Å². The van der Waals surface area contributed by atoms with Crippen LogP contribution < -0.4 is 19.5 Å². The zero-order valence-electron chi connectivity index (χ0n) is 14.5. The van der Waals surface area contributed by atoms with Gasteiger partial charge in [-0.2, -0.15) is 0 Å². The average Bonchev–Trinajstić information content (AvgIpc) is 2.60. The Hall–Kier alpha value is -2.69. The molecule has 0 fully saturated rings. The average molecular weight is 329 g/mol. The second kappa shape index (κ2) is 8.24. The normalized spacial score (nSPS) is 11.5. The van der Waals surface area contributed by atoms with E-state index in [1.165, 1.54) is 0 Å². The van der Waals surface area contributed by atoms with Gasteiger partial charge >= 0.3 is 0 Å². The zero-order valence-corrected chi connectivity index (χ0v) is 14.5. The first kappa shape index (κ1) is 17.7. The molecular weight excluding hydrogens is 306 g/mol. The highest BCUT2D eigenvalue weighted by atomic mass is 16.5. The molecule has 0 heterocycles. The van der Waals surface area contributed by atoms with E-state index < -0.39 is 0 Å². The maximum Gasteiger partial charge on any atom is 0.251 e. The number of ether oxygens (including phenoxy) is 3. The fourth-order valence-electron chi connectivity index (χ4n) is 2.26. The number of amides is 1. The smallest absolute Gasteiger partial charge is 0.251 e. The van der Waals surface area contributed by atoms with Crippen LogP contribution in [0.4, 0.5) is 0 Å². The molecule has 0 aromatic heterocycles. The van der Waals surface area contributed by atoms with Crippen molar-refractivity contribution in [3.8, 4) is 17.2 Å². The molecule has 2 aromatic rings. The van der Waals surface area contributed by atoms with E-state index in [1.54, 1.807) is 26.4 Å². The number of rotatable bonds is 7. The quantitative estimate of drug-likeness (QED) is 0.847. The molecule has 0 spiro atoms. The molecule has 0 radical (unpaired) electrons. The Morgan fingerprint density at radius 3 is 2.29 bits per heavy atom. The molecular formula is C19H23NO4. The predicted octanol–water partition coefficient (Wildman–Crippen LogP) is 3.21. The van der Waals surface area contributed by atoms with Crippen LogP contribution >= 0.6 is 0 Å². The molecule has 2 rings (SSSR count). The van der Waals surface area contributed by atoms with Gasteiger partial charge < -0.3 is 19.5 Å². The first-order chi connectivity index (χ1) is 11.5.